The molecule has 1 aliphatic rings. The van der Waals surface area contributed by atoms with E-state index in [1.54, 1.807) is 13.8 Å². The molecule has 0 aromatic rings. The predicted octanol–water partition coefficient (Wildman–Crippen LogP) is 1.24. The van der Waals surface area contributed by atoms with E-state index in [9.17, 15) is 14.4 Å². The van der Waals surface area contributed by atoms with Crippen molar-refractivity contribution in [2.75, 3.05) is 13.1 Å². The van der Waals surface area contributed by atoms with Crippen LogP contribution in [0.25, 0.3) is 0 Å². The van der Waals surface area contributed by atoms with Gasteiger partial charge in [0.1, 0.15) is 5.41 Å². The molecule has 4 amide bonds. The Morgan fingerprint density at radius 3 is 2.00 bits per heavy atom. The van der Waals surface area contributed by atoms with Crippen LogP contribution < -0.4 is 10.6 Å². The van der Waals surface area contributed by atoms with Crippen LogP contribution in [0.4, 0.5) is 4.79 Å². The van der Waals surface area contributed by atoms with Gasteiger partial charge in [0.05, 0.1) is 0 Å². The number of imide groups is 2. The number of barbiturate groups is 1. The van der Waals surface area contributed by atoms with Crippen molar-refractivity contribution in [1.29, 1.82) is 0 Å². The molecule has 6 heteroatoms. The lowest BCUT2D eigenvalue weighted by Crippen LogP contribution is -2.64. The van der Waals surface area contributed by atoms with Gasteiger partial charge in [0, 0.05) is 13.1 Å². The van der Waals surface area contributed by atoms with E-state index in [2.05, 4.69) is 15.5 Å². The van der Waals surface area contributed by atoms with Crippen LogP contribution in [-0.2, 0) is 9.59 Å². The summed E-state index contributed by atoms with van der Waals surface area (Å²) in [5.74, 6) is -1.26. The van der Waals surface area contributed by atoms with E-state index in [1.165, 1.54) is 0 Å². The van der Waals surface area contributed by atoms with Crippen LogP contribution in [-0.4, -0.2) is 35.8 Å². The molecule has 1 fully saturated rings. The topological polar surface area (TPSA) is 78.5 Å². The van der Waals surface area contributed by atoms with Crippen LogP contribution in [0.2, 0.25) is 0 Å². The van der Waals surface area contributed by atoms with Crippen molar-refractivity contribution in [2.45, 2.75) is 34.1 Å². The van der Waals surface area contributed by atoms with Gasteiger partial charge in [-0.25, -0.2) is 4.79 Å². The predicted molar refractivity (Wildman–Crippen MR) is 75.6 cm³/mol. The third-order valence-corrected chi connectivity index (χ3v) is 3.82. The summed E-state index contributed by atoms with van der Waals surface area (Å²) in [5, 5.41) is 4.38. The lowest BCUT2D eigenvalue weighted by atomic mass is 9.72. The molecule has 6 nitrogen and oxygen atoms in total. The maximum absolute atomic E-state index is 12.2. The molecule has 0 bridgehead atoms. The Bertz CT molecular complexity index is 405. The van der Waals surface area contributed by atoms with E-state index in [0.717, 1.165) is 13.1 Å². The molecule has 1 heterocycles. The standard InChI is InChI=1S/C14H23N3O3/c1-5-17(6-2)9-7-8-14(10(3)4)11(18)15-13(20)16-12(14)19/h7,9-10H,5-6,8H2,1-4H3,(H2,15,16,18,19,20). The molecule has 0 aromatic heterocycles. The lowest BCUT2D eigenvalue weighted by Gasteiger charge is -2.36. The van der Waals surface area contributed by atoms with E-state index >= 15 is 0 Å². The molecule has 0 atom stereocenters. The Hall–Kier alpha value is -1.85. The summed E-state index contributed by atoms with van der Waals surface area (Å²) in [6.07, 6.45) is 3.98. The van der Waals surface area contributed by atoms with Crippen molar-refractivity contribution in [1.82, 2.24) is 15.5 Å². The third kappa shape index (κ3) is 3.00. The van der Waals surface area contributed by atoms with Gasteiger partial charge >= 0.3 is 6.03 Å². The summed E-state index contributed by atoms with van der Waals surface area (Å²) < 4.78 is 0. The number of amides is 4. The maximum atomic E-state index is 12.2. The zero-order chi connectivity index (χ0) is 15.3. The van der Waals surface area contributed by atoms with E-state index < -0.39 is 23.3 Å². The fraction of sp³-hybridized carbons (Fsp3) is 0.643. The van der Waals surface area contributed by atoms with Crippen molar-refractivity contribution in [3.63, 3.8) is 0 Å². The van der Waals surface area contributed by atoms with E-state index in [-0.39, 0.29) is 12.3 Å². The second-order valence-corrected chi connectivity index (χ2v) is 5.17. The fourth-order valence-corrected chi connectivity index (χ4v) is 2.33. The van der Waals surface area contributed by atoms with Crippen LogP contribution in [0.3, 0.4) is 0 Å². The van der Waals surface area contributed by atoms with Crippen LogP contribution in [0.15, 0.2) is 12.3 Å². The summed E-state index contributed by atoms with van der Waals surface area (Å²) >= 11 is 0. The summed E-state index contributed by atoms with van der Waals surface area (Å²) in [6.45, 7) is 9.40. The number of rotatable bonds is 6. The largest absolute Gasteiger partial charge is 0.378 e. The Kier molecular flexibility index (Phi) is 5.30. The van der Waals surface area contributed by atoms with Gasteiger partial charge < -0.3 is 4.90 Å². The van der Waals surface area contributed by atoms with Gasteiger partial charge in [0.25, 0.3) is 0 Å². The van der Waals surface area contributed by atoms with Crippen molar-refractivity contribution >= 4 is 17.8 Å². The molecule has 1 rings (SSSR count). The van der Waals surface area contributed by atoms with Crippen molar-refractivity contribution < 1.29 is 14.4 Å². The van der Waals surface area contributed by atoms with Crippen molar-refractivity contribution in [3.05, 3.63) is 12.3 Å². The quantitative estimate of drug-likeness (QED) is 0.718. The smallest absolute Gasteiger partial charge is 0.328 e. The highest BCUT2D eigenvalue weighted by atomic mass is 16.2. The Labute approximate surface area is 119 Å². The summed E-state index contributed by atoms with van der Waals surface area (Å²) in [5.41, 5.74) is -1.22. The highest BCUT2D eigenvalue weighted by molar-refractivity contribution is 6.19. The average Bonchev–Trinajstić information content (AvgIpc) is 2.37. The second-order valence-electron chi connectivity index (χ2n) is 5.17. The molecule has 2 N–H and O–H groups in total. The van der Waals surface area contributed by atoms with Gasteiger partial charge in [-0.1, -0.05) is 19.9 Å². The molecule has 1 aliphatic heterocycles. The molecule has 0 spiro atoms. The Balaban J connectivity index is 2.95. The molecule has 20 heavy (non-hydrogen) atoms. The normalized spacial score (nSPS) is 18.4. The fourth-order valence-electron chi connectivity index (χ4n) is 2.33. The zero-order valence-corrected chi connectivity index (χ0v) is 12.5. The first-order chi connectivity index (χ1) is 9.38. The minimum atomic E-state index is -1.22. The second kappa shape index (κ2) is 6.54. The van der Waals surface area contributed by atoms with Gasteiger partial charge in [-0.3, -0.25) is 20.2 Å². The molecular weight excluding hydrogens is 258 g/mol. The number of carbonyl (C=O) groups excluding carboxylic acids is 3. The maximum Gasteiger partial charge on any atom is 0.328 e. The number of hydrogen-bond donors (Lipinski definition) is 2. The first-order valence-corrected chi connectivity index (χ1v) is 6.96. The van der Waals surface area contributed by atoms with E-state index in [4.69, 9.17) is 0 Å². The van der Waals surface area contributed by atoms with Gasteiger partial charge in [-0.15, -0.1) is 0 Å². The third-order valence-electron chi connectivity index (χ3n) is 3.82. The van der Waals surface area contributed by atoms with Gasteiger partial charge in [0.2, 0.25) is 11.8 Å². The lowest BCUT2D eigenvalue weighted by molar-refractivity contribution is -0.147. The van der Waals surface area contributed by atoms with Crippen LogP contribution in [0.1, 0.15) is 34.1 Å². The van der Waals surface area contributed by atoms with Gasteiger partial charge in [0.15, 0.2) is 0 Å². The number of hydrogen-bond acceptors (Lipinski definition) is 4. The first kappa shape index (κ1) is 16.2. The molecule has 0 aromatic carbocycles. The van der Waals surface area contributed by atoms with Crippen LogP contribution >= 0.6 is 0 Å². The highest BCUT2D eigenvalue weighted by Crippen LogP contribution is 2.34. The summed E-state index contributed by atoms with van der Waals surface area (Å²) in [6, 6.07) is -0.746. The average molecular weight is 281 g/mol. The van der Waals surface area contributed by atoms with Crippen molar-refractivity contribution in [3.8, 4) is 0 Å². The SMILES string of the molecule is CCN(C=CCC1(C(C)C)C(=O)NC(=O)NC1=O)CC. The monoisotopic (exact) mass is 281 g/mol. The van der Waals surface area contributed by atoms with Crippen LogP contribution in [0.5, 0.6) is 0 Å². The Morgan fingerprint density at radius 2 is 1.60 bits per heavy atom. The molecule has 0 saturated carbocycles. The molecule has 0 unspecified atom stereocenters. The molecule has 0 aliphatic carbocycles. The highest BCUT2D eigenvalue weighted by Gasteiger charge is 2.51. The first-order valence-electron chi connectivity index (χ1n) is 6.96. The summed E-state index contributed by atoms with van der Waals surface area (Å²) in [4.78, 5) is 37.6. The minimum Gasteiger partial charge on any atom is -0.378 e. The zero-order valence-electron chi connectivity index (χ0n) is 12.5. The number of urea groups is 1. The molecule has 1 saturated heterocycles. The molecular formula is C14H23N3O3. The minimum absolute atomic E-state index is 0.211. The molecule has 112 valence electrons. The Morgan fingerprint density at radius 1 is 1.10 bits per heavy atom. The van der Waals surface area contributed by atoms with Gasteiger partial charge in [-0.2, -0.15) is 0 Å². The van der Waals surface area contributed by atoms with Crippen LogP contribution in [0, 0.1) is 11.3 Å². The number of nitrogens with one attached hydrogen (secondary N) is 2. The van der Waals surface area contributed by atoms with E-state index in [0.29, 0.717) is 0 Å². The number of carbonyl (C=O) groups is 3. The van der Waals surface area contributed by atoms with Gasteiger partial charge in [-0.05, 0) is 32.4 Å². The van der Waals surface area contributed by atoms with Crippen molar-refractivity contribution in [2.24, 2.45) is 11.3 Å². The number of allylic oxidation sites excluding steroid dienone is 1. The number of nitrogens with zero attached hydrogens (tertiary/aromatic N) is 1. The summed E-state index contributed by atoms with van der Waals surface area (Å²) in [7, 11) is 0. The molecule has 0 radical (unpaired) electrons. The van der Waals surface area contributed by atoms with E-state index in [1.807, 2.05) is 26.1 Å².